The SMILES string of the molecule is CC(C)c1cc(Nc2cc(-c3cccc(O)c3)cc(C(C)(F)F)c2)ccc1/C=N/Nc1ncc(F)c(N2CCOCC2)n1. The van der Waals surface area contributed by atoms with Crippen LogP contribution in [0.2, 0.25) is 0 Å². The van der Waals surface area contributed by atoms with E-state index < -0.39 is 11.7 Å². The Bertz CT molecular complexity index is 1620. The molecule has 0 radical (unpaired) electrons. The summed E-state index contributed by atoms with van der Waals surface area (Å²) in [5, 5.41) is 17.5. The Morgan fingerprint density at radius 1 is 1.02 bits per heavy atom. The van der Waals surface area contributed by atoms with Gasteiger partial charge in [-0.25, -0.2) is 23.6 Å². The Labute approximate surface area is 248 Å². The summed E-state index contributed by atoms with van der Waals surface area (Å²) in [6, 6.07) is 16.8. The normalized spacial score (nSPS) is 14.0. The first-order valence-corrected chi connectivity index (χ1v) is 13.9. The minimum atomic E-state index is -3.06. The summed E-state index contributed by atoms with van der Waals surface area (Å²) in [4.78, 5) is 10.1. The van der Waals surface area contributed by atoms with E-state index >= 15 is 0 Å². The second kappa shape index (κ2) is 12.7. The zero-order valence-corrected chi connectivity index (χ0v) is 24.1. The number of nitrogens with one attached hydrogen (secondary N) is 2. The third-order valence-corrected chi connectivity index (χ3v) is 7.02. The van der Waals surface area contributed by atoms with Crippen LogP contribution in [-0.2, 0) is 10.7 Å². The second-order valence-corrected chi connectivity index (χ2v) is 10.7. The zero-order valence-electron chi connectivity index (χ0n) is 24.1. The molecule has 2 heterocycles. The van der Waals surface area contributed by atoms with Crippen LogP contribution in [-0.4, -0.2) is 47.6 Å². The highest BCUT2D eigenvalue weighted by Gasteiger charge is 2.25. The number of nitrogens with zero attached hydrogens (tertiary/aromatic N) is 4. The van der Waals surface area contributed by atoms with E-state index in [2.05, 4.69) is 25.8 Å². The van der Waals surface area contributed by atoms with E-state index in [1.165, 1.54) is 24.3 Å². The molecule has 8 nitrogen and oxygen atoms in total. The van der Waals surface area contributed by atoms with Gasteiger partial charge in [0, 0.05) is 37.0 Å². The lowest BCUT2D eigenvalue weighted by Crippen LogP contribution is -2.37. The van der Waals surface area contributed by atoms with Crippen LogP contribution in [0.4, 0.5) is 36.3 Å². The lowest BCUT2D eigenvalue weighted by Gasteiger charge is -2.27. The molecule has 3 N–H and O–H groups in total. The predicted octanol–water partition coefficient (Wildman–Crippen LogP) is 7.25. The van der Waals surface area contributed by atoms with Crippen molar-refractivity contribution in [2.45, 2.75) is 32.6 Å². The first-order valence-electron chi connectivity index (χ1n) is 13.9. The van der Waals surface area contributed by atoms with E-state index in [1.54, 1.807) is 24.4 Å². The fourth-order valence-corrected chi connectivity index (χ4v) is 4.81. The second-order valence-electron chi connectivity index (χ2n) is 10.7. The van der Waals surface area contributed by atoms with Crippen LogP contribution in [0, 0.1) is 5.82 Å². The van der Waals surface area contributed by atoms with Crippen molar-refractivity contribution in [3.05, 3.63) is 89.4 Å². The number of benzene rings is 3. The molecule has 1 saturated heterocycles. The van der Waals surface area contributed by atoms with Crippen LogP contribution in [0.25, 0.3) is 11.1 Å². The molecule has 5 rings (SSSR count). The van der Waals surface area contributed by atoms with Crippen LogP contribution in [0.5, 0.6) is 5.75 Å². The predicted molar refractivity (Wildman–Crippen MR) is 163 cm³/mol. The molecule has 1 aromatic heterocycles. The summed E-state index contributed by atoms with van der Waals surface area (Å²) >= 11 is 0. The average Bonchev–Trinajstić information content (AvgIpc) is 2.98. The van der Waals surface area contributed by atoms with E-state index in [-0.39, 0.29) is 29.0 Å². The monoisotopic (exact) mass is 590 g/mol. The molecule has 3 aromatic carbocycles. The van der Waals surface area contributed by atoms with Gasteiger partial charge < -0.3 is 20.1 Å². The molecule has 1 fully saturated rings. The fraction of sp³-hybridized carbons (Fsp3) is 0.281. The molecule has 4 aromatic rings. The molecule has 11 heteroatoms. The van der Waals surface area contributed by atoms with Crippen molar-refractivity contribution in [3.8, 4) is 16.9 Å². The van der Waals surface area contributed by atoms with Crippen molar-refractivity contribution in [2.75, 3.05) is 41.9 Å². The number of halogens is 3. The molecular weight excluding hydrogens is 557 g/mol. The number of phenols is 1. The van der Waals surface area contributed by atoms with Crippen LogP contribution in [0.3, 0.4) is 0 Å². The van der Waals surface area contributed by atoms with Crippen molar-refractivity contribution in [1.82, 2.24) is 9.97 Å². The van der Waals surface area contributed by atoms with Crippen molar-refractivity contribution in [1.29, 1.82) is 0 Å². The number of morpholine rings is 1. The number of aromatic hydroxyl groups is 1. The summed E-state index contributed by atoms with van der Waals surface area (Å²) < 4.78 is 48.5. The first-order chi connectivity index (χ1) is 20.6. The number of ether oxygens (including phenoxy) is 1. The number of phenolic OH excluding ortho intramolecular Hbond substituents is 1. The third-order valence-electron chi connectivity index (χ3n) is 7.02. The molecule has 0 bridgehead atoms. The maximum Gasteiger partial charge on any atom is 0.270 e. The Hall–Kier alpha value is -4.64. The van der Waals surface area contributed by atoms with Gasteiger partial charge in [-0.1, -0.05) is 32.0 Å². The largest absolute Gasteiger partial charge is 0.508 e. The number of alkyl halides is 2. The van der Waals surface area contributed by atoms with Gasteiger partial charge in [0.2, 0.25) is 5.95 Å². The highest BCUT2D eigenvalue weighted by Crippen LogP contribution is 2.36. The number of hydrogen-bond donors (Lipinski definition) is 3. The zero-order chi connectivity index (χ0) is 30.6. The molecule has 0 saturated carbocycles. The number of aromatic nitrogens is 2. The number of anilines is 4. The van der Waals surface area contributed by atoms with E-state index in [0.717, 1.165) is 24.2 Å². The smallest absolute Gasteiger partial charge is 0.270 e. The Balaban J connectivity index is 1.37. The molecule has 1 aliphatic heterocycles. The Morgan fingerprint density at radius 3 is 2.53 bits per heavy atom. The number of hydrogen-bond acceptors (Lipinski definition) is 8. The van der Waals surface area contributed by atoms with Crippen molar-refractivity contribution < 1.29 is 23.0 Å². The van der Waals surface area contributed by atoms with Crippen molar-refractivity contribution in [3.63, 3.8) is 0 Å². The minimum Gasteiger partial charge on any atom is -0.508 e. The number of rotatable bonds is 9. The van der Waals surface area contributed by atoms with E-state index in [0.29, 0.717) is 48.8 Å². The van der Waals surface area contributed by atoms with Crippen LogP contribution in [0.15, 0.2) is 72.0 Å². The lowest BCUT2D eigenvalue weighted by molar-refractivity contribution is 0.0175. The molecule has 0 atom stereocenters. The summed E-state index contributed by atoms with van der Waals surface area (Å²) in [5.41, 5.74) is 6.81. The molecule has 0 spiro atoms. The van der Waals surface area contributed by atoms with Crippen LogP contribution >= 0.6 is 0 Å². The molecule has 0 amide bonds. The molecule has 43 heavy (non-hydrogen) atoms. The quantitative estimate of drug-likeness (QED) is 0.140. The average molecular weight is 591 g/mol. The van der Waals surface area contributed by atoms with Gasteiger partial charge in [-0.2, -0.15) is 10.1 Å². The summed E-state index contributed by atoms with van der Waals surface area (Å²) in [6.45, 7) is 7.02. The van der Waals surface area contributed by atoms with E-state index in [4.69, 9.17) is 4.74 Å². The van der Waals surface area contributed by atoms with Gasteiger partial charge >= 0.3 is 0 Å². The minimum absolute atomic E-state index is 0.0533. The maximum absolute atomic E-state index is 14.4. The Kier molecular flexibility index (Phi) is 8.81. The summed E-state index contributed by atoms with van der Waals surface area (Å²) in [5.74, 6) is -3.03. The van der Waals surface area contributed by atoms with Gasteiger partial charge in [0.1, 0.15) is 5.75 Å². The summed E-state index contributed by atoms with van der Waals surface area (Å²) in [6.07, 6.45) is 2.75. The maximum atomic E-state index is 14.4. The lowest BCUT2D eigenvalue weighted by atomic mass is 9.96. The van der Waals surface area contributed by atoms with Gasteiger partial charge in [-0.05, 0) is 70.6 Å². The van der Waals surface area contributed by atoms with Gasteiger partial charge in [0.15, 0.2) is 11.6 Å². The first kappa shape index (κ1) is 29.8. The molecule has 0 unspecified atom stereocenters. The van der Waals surface area contributed by atoms with Gasteiger partial charge in [0.05, 0.1) is 25.6 Å². The van der Waals surface area contributed by atoms with Crippen molar-refractivity contribution in [2.24, 2.45) is 5.10 Å². The van der Waals surface area contributed by atoms with E-state index in [1.807, 2.05) is 36.9 Å². The Morgan fingerprint density at radius 2 is 1.81 bits per heavy atom. The highest BCUT2D eigenvalue weighted by molar-refractivity contribution is 5.84. The van der Waals surface area contributed by atoms with Crippen molar-refractivity contribution >= 4 is 29.4 Å². The third kappa shape index (κ3) is 7.42. The topological polar surface area (TPSA) is 94.9 Å². The molecular formula is C32H33F3N6O2. The fourth-order valence-electron chi connectivity index (χ4n) is 4.81. The van der Waals surface area contributed by atoms with Gasteiger partial charge in [-0.15, -0.1) is 0 Å². The standard InChI is InChI=1S/C32H33F3N6O2/c1-20(2)28-17-25(38-26-14-23(13-24(16-26)32(3,34)35)21-5-4-6-27(42)15-21)8-7-22(28)18-37-40-31-36-19-29(33)30(39-31)41-9-11-43-12-10-41/h4-8,13-20,38,42H,9-12H2,1-3H3,(H,36,39,40)/b37-18+. The van der Waals surface area contributed by atoms with E-state index in [9.17, 15) is 18.3 Å². The number of hydrazone groups is 1. The van der Waals surface area contributed by atoms with Gasteiger partial charge in [0.25, 0.3) is 5.92 Å². The van der Waals surface area contributed by atoms with Gasteiger partial charge in [-0.3, -0.25) is 0 Å². The summed E-state index contributed by atoms with van der Waals surface area (Å²) in [7, 11) is 0. The highest BCUT2D eigenvalue weighted by atomic mass is 19.3. The molecule has 224 valence electrons. The van der Waals surface area contributed by atoms with Crippen LogP contribution < -0.4 is 15.6 Å². The van der Waals surface area contributed by atoms with Crippen LogP contribution in [0.1, 0.15) is 43.4 Å². The molecule has 1 aliphatic rings. The molecule has 0 aliphatic carbocycles.